The van der Waals surface area contributed by atoms with Crippen molar-refractivity contribution in [2.24, 2.45) is 4.99 Å². The summed E-state index contributed by atoms with van der Waals surface area (Å²) in [4.78, 5) is 6.99. The van der Waals surface area contributed by atoms with Crippen LogP contribution in [0.25, 0.3) is 0 Å². The Morgan fingerprint density at radius 1 is 1.15 bits per heavy atom. The van der Waals surface area contributed by atoms with E-state index in [1.165, 1.54) is 5.56 Å². The number of hydrogen-bond donors (Lipinski definition) is 2. The van der Waals surface area contributed by atoms with Crippen molar-refractivity contribution in [3.63, 3.8) is 0 Å². The van der Waals surface area contributed by atoms with E-state index in [2.05, 4.69) is 69.9 Å². The summed E-state index contributed by atoms with van der Waals surface area (Å²) >= 11 is 0. The molecule has 2 N–H and O–H groups in total. The van der Waals surface area contributed by atoms with Gasteiger partial charge in [0.1, 0.15) is 0 Å². The van der Waals surface area contributed by atoms with Crippen LogP contribution in [-0.4, -0.2) is 53.9 Å². The molecule has 0 aliphatic carbocycles. The topological polar surface area (TPSA) is 57.5 Å². The van der Waals surface area contributed by atoms with Gasteiger partial charge in [-0.15, -0.1) is 0 Å². The highest BCUT2D eigenvalue weighted by atomic mass is 15.3. The van der Waals surface area contributed by atoms with Gasteiger partial charge in [-0.1, -0.05) is 30.3 Å². The van der Waals surface area contributed by atoms with E-state index < -0.39 is 0 Å². The largest absolute Gasteiger partial charge is 0.357 e. The van der Waals surface area contributed by atoms with E-state index in [0.29, 0.717) is 0 Å². The number of hydrogen-bond acceptors (Lipinski definition) is 3. The molecule has 6 heteroatoms. The van der Waals surface area contributed by atoms with Crippen LogP contribution in [0.5, 0.6) is 0 Å². The second-order valence-electron chi connectivity index (χ2n) is 6.39. The smallest absolute Gasteiger partial charge is 0.191 e. The van der Waals surface area contributed by atoms with Gasteiger partial charge in [-0.2, -0.15) is 5.10 Å². The number of aryl methyl sites for hydroxylation is 1. The molecule has 0 fully saturated rings. The minimum atomic E-state index is 0.795. The second kappa shape index (κ2) is 12.1. The molecule has 1 heterocycles. The molecule has 0 amide bonds. The molecule has 1 aromatic heterocycles. The molecule has 0 aliphatic heterocycles. The molecule has 0 saturated carbocycles. The molecule has 142 valence electrons. The Morgan fingerprint density at radius 2 is 2.00 bits per heavy atom. The zero-order chi connectivity index (χ0) is 18.5. The molecular formula is C20H32N6. The number of rotatable bonds is 11. The lowest BCUT2D eigenvalue weighted by Crippen LogP contribution is -2.38. The van der Waals surface area contributed by atoms with E-state index in [1.807, 2.05) is 23.1 Å². The lowest BCUT2D eigenvalue weighted by molar-refractivity contribution is 0.322. The molecule has 26 heavy (non-hydrogen) atoms. The van der Waals surface area contributed by atoms with Crippen LogP contribution in [0, 0.1) is 0 Å². The molecule has 0 spiro atoms. The van der Waals surface area contributed by atoms with Gasteiger partial charge < -0.3 is 15.5 Å². The molecule has 2 aromatic rings. The fourth-order valence-corrected chi connectivity index (χ4v) is 2.73. The maximum atomic E-state index is 4.64. The first-order valence-electron chi connectivity index (χ1n) is 9.50. The number of benzene rings is 1. The van der Waals surface area contributed by atoms with Gasteiger partial charge in [0.25, 0.3) is 0 Å². The zero-order valence-electron chi connectivity index (χ0n) is 16.1. The van der Waals surface area contributed by atoms with Gasteiger partial charge >= 0.3 is 0 Å². The van der Waals surface area contributed by atoms with Crippen LogP contribution in [0.1, 0.15) is 25.3 Å². The summed E-state index contributed by atoms with van der Waals surface area (Å²) in [5.74, 6) is 0.902. The zero-order valence-corrected chi connectivity index (χ0v) is 16.1. The fourth-order valence-electron chi connectivity index (χ4n) is 2.73. The lowest BCUT2D eigenvalue weighted by atomic mass is 10.2. The molecule has 1 aromatic carbocycles. The Labute approximate surface area is 157 Å². The summed E-state index contributed by atoms with van der Waals surface area (Å²) in [6.45, 7) is 7.63. The van der Waals surface area contributed by atoms with Crippen LogP contribution >= 0.6 is 0 Å². The molecule has 0 radical (unpaired) electrons. The summed E-state index contributed by atoms with van der Waals surface area (Å²) in [6, 6.07) is 12.5. The minimum Gasteiger partial charge on any atom is -0.357 e. The predicted octanol–water partition coefficient (Wildman–Crippen LogP) is 2.35. The second-order valence-corrected chi connectivity index (χ2v) is 6.39. The number of aliphatic imine (C=N–C) groups is 1. The van der Waals surface area contributed by atoms with Crippen molar-refractivity contribution in [3.05, 3.63) is 54.4 Å². The number of nitrogens with zero attached hydrogens (tertiary/aromatic N) is 4. The SMILES string of the molecule is CCNC(=NCCCn1cccn1)NCCCN(C)Cc1ccccc1. The van der Waals surface area contributed by atoms with E-state index in [4.69, 9.17) is 0 Å². The monoisotopic (exact) mass is 356 g/mol. The number of nitrogens with one attached hydrogen (secondary N) is 2. The quantitative estimate of drug-likeness (QED) is 0.369. The average Bonchev–Trinajstić information content (AvgIpc) is 3.16. The van der Waals surface area contributed by atoms with E-state index in [0.717, 1.165) is 58.1 Å². The molecule has 0 aliphatic rings. The van der Waals surface area contributed by atoms with Gasteiger partial charge in [0.2, 0.25) is 0 Å². The Kier molecular flexibility index (Phi) is 9.29. The first-order chi connectivity index (χ1) is 12.8. The van der Waals surface area contributed by atoms with Crippen molar-refractivity contribution < 1.29 is 0 Å². The number of aromatic nitrogens is 2. The minimum absolute atomic E-state index is 0.795. The first kappa shape index (κ1) is 20.0. The third-order valence-electron chi connectivity index (χ3n) is 4.02. The molecular weight excluding hydrogens is 324 g/mol. The predicted molar refractivity (Wildman–Crippen MR) is 108 cm³/mol. The maximum Gasteiger partial charge on any atom is 0.191 e. The van der Waals surface area contributed by atoms with Crippen LogP contribution in [-0.2, 0) is 13.1 Å². The van der Waals surface area contributed by atoms with Gasteiger partial charge in [-0.25, -0.2) is 0 Å². The van der Waals surface area contributed by atoms with Gasteiger partial charge in [-0.05, 0) is 45.0 Å². The Bertz CT molecular complexity index is 608. The Hall–Kier alpha value is -2.34. The van der Waals surface area contributed by atoms with E-state index >= 15 is 0 Å². The van der Waals surface area contributed by atoms with Crippen molar-refractivity contribution in [3.8, 4) is 0 Å². The third kappa shape index (κ3) is 8.16. The van der Waals surface area contributed by atoms with Gasteiger partial charge in [-0.3, -0.25) is 9.67 Å². The molecule has 0 atom stereocenters. The van der Waals surface area contributed by atoms with Gasteiger partial charge in [0, 0.05) is 45.1 Å². The summed E-state index contributed by atoms with van der Waals surface area (Å²) in [5.41, 5.74) is 1.36. The van der Waals surface area contributed by atoms with E-state index in [9.17, 15) is 0 Å². The van der Waals surface area contributed by atoms with Crippen LogP contribution < -0.4 is 10.6 Å². The van der Waals surface area contributed by atoms with Gasteiger partial charge in [0.15, 0.2) is 5.96 Å². The van der Waals surface area contributed by atoms with Crippen molar-refractivity contribution in [1.29, 1.82) is 0 Å². The van der Waals surface area contributed by atoms with E-state index in [1.54, 1.807) is 0 Å². The highest BCUT2D eigenvalue weighted by Gasteiger charge is 2.01. The van der Waals surface area contributed by atoms with Gasteiger partial charge in [0.05, 0.1) is 0 Å². The maximum absolute atomic E-state index is 4.64. The van der Waals surface area contributed by atoms with Crippen molar-refractivity contribution in [1.82, 2.24) is 25.3 Å². The summed E-state index contributed by atoms with van der Waals surface area (Å²) in [6.07, 6.45) is 5.86. The summed E-state index contributed by atoms with van der Waals surface area (Å²) in [7, 11) is 2.17. The lowest BCUT2D eigenvalue weighted by Gasteiger charge is -2.17. The van der Waals surface area contributed by atoms with Crippen LogP contribution in [0.15, 0.2) is 53.8 Å². The van der Waals surface area contributed by atoms with Crippen LogP contribution in [0.3, 0.4) is 0 Å². The average molecular weight is 357 g/mol. The fraction of sp³-hybridized carbons (Fsp3) is 0.500. The van der Waals surface area contributed by atoms with Crippen molar-refractivity contribution >= 4 is 5.96 Å². The third-order valence-corrected chi connectivity index (χ3v) is 4.02. The standard InChI is InChI=1S/C20H32N6/c1-3-21-20(23-13-8-16-26-17-9-14-24-26)22-12-7-15-25(2)18-19-10-5-4-6-11-19/h4-6,9-11,14,17H,3,7-8,12-13,15-16,18H2,1-2H3,(H2,21,22,23). The van der Waals surface area contributed by atoms with Crippen LogP contribution in [0.4, 0.5) is 0 Å². The normalized spacial score (nSPS) is 11.7. The summed E-state index contributed by atoms with van der Waals surface area (Å²) < 4.78 is 1.94. The Morgan fingerprint density at radius 3 is 2.73 bits per heavy atom. The molecule has 2 rings (SSSR count). The van der Waals surface area contributed by atoms with Crippen LogP contribution in [0.2, 0.25) is 0 Å². The summed E-state index contributed by atoms with van der Waals surface area (Å²) in [5, 5.41) is 10.9. The van der Waals surface area contributed by atoms with E-state index in [-0.39, 0.29) is 0 Å². The molecule has 0 bridgehead atoms. The Balaban J connectivity index is 1.61. The van der Waals surface area contributed by atoms with Crippen molar-refractivity contribution in [2.45, 2.75) is 32.9 Å². The molecule has 0 unspecified atom stereocenters. The first-order valence-corrected chi connectivity index (χ1v) is 9.50. The highest BCUT2D eigenvalue weighted by molar-refractivity contribution is 5.79. The number of guanidine groups is 1. The molecule has 0 saturated heterocycles. The van der Waals surface area contributed by atoms with Crippen molar-refractivity contribution in [2.75, 3.05) is 33.2 Å². The highest BCUT2D eigenvalue weighted by Crippen LogP contribution is 2.02. The molecule has 6 nitrogen and oxygen atoms in total.